The van der Waals surface area contributed by atoms with Gasteiger partial charge in [0.2, 0.25) is 0 Å². The average molecular weight is 233 g/mol. The highest BCUT2D eigenvalue weighted by Crippen LogP contribution is 2.28. The summed E-state index contributed by atoms with van der Waals surface area (Å²) >= 11 is 1.92. The molecule has 1 saturated heterocycles. The molecule has 1 rings (SSSR count). The third-order valence-electron chi connectivity index (χ3n) is 2.65. The highest BCUT2D eigenvalue weighted by atomic mass is 32.2. The van der Waals surface area contributed by atoms with Crippen LogP contribution in [0.2, 0.25) is 0 Å². The Morgan fingerprint density at radius 3 is 2.73 bits per heavy atom. The van der Waals surface area contributed by atoms with Crippen molar-refractivity contribution in [2.24, 2.45) is 0 Å². The highest BCUT2D eigenvalue weighted by molar-refractivity contribution is 8.00. The molecule has 1 N–H and O–H groups in total. The number of hydrogen-bond donors (Lipinski definition) is 1. The van der Waals surface area contributed by atoms with Crippen LogP contribution in [0.25, 0.3) is 0 Å². The standard InChI is InChI=1S/C11H23NO2S/c1-11(2,3)15-8-12-7-5-6-9(12)10(13)14-4/h9-10,13H,5-8H2,1-4H3. The van der Waals surface area contributed by atoms with Crippen LogP contribution in [0.3, 0.4) is 0 Å². The van der Waals surface area contributed by atoms with Gasteiger partial charge in [-0.25, -0.2) is 0 Å². The Morgan fingerprint density at radius 1 is 1.53 bits per heavy atom. The van der Waals surface area contributed by atoms with E-state index in [2.05, 4.69) is 25.7 Å². The van der Waals surface area contributed by atoms with E-state index in [4.69, 9.17) is 4.74 Å². The summed E-state index contributed by atoms with van der Waals surface area (Å²) in [4.78, 5) is 2.32. The van der Waals surface area contributed by atoms with E-state index in [1.165, 1.54) is 0 Å². The zero-order chi connectivity index (χ0) is 11.5. The molecule has 1 aliphatic heterocycles. The van der Waals surface area contributed by atoms with E-state index in [-0.39, 0.29) is 10.8 Å². The molecule has 0 aromatic carbocycles. The second-order valence-electron chi connectivity index (χ2n) is 5.03. The summed E-state index contributed by atoms with van der Waals surface area (Å²) in [6, 6.07) is 0.185. The van der Waals surface area contributed by atoms with Crippen molar-refractivity contribution in [2.45, 2.75) is 50.7 Å². The van der Waals surface area contributed by atoms with Crippen LogP contribution in [0.1, 0.15) is 33.6 Å². The second kappa shape index (κ2) is 5.53. The Balaban J connectivity index is 2.40. The molecular formula is C11H23NO2S. The molecule has 0 saturated carbocycles. The van der Waals surface area contributed by atoms with E-state index in [9.17, 15) is 5.11 Å². The Bertz CT molecular complexity index is 194. The van der Waals surface area contributed by atoms with E-state index in [1.807, 2.05) is 11.8 Å². The number of ether oxygens (including phenoxy) is 1. The van der Waals surface area contributed by atoms with Crippen molar-refractivity contribution in [1.29, 1.82) is 0 Å². The van der Waals surface area contributed by atoms with Gasteiger partial charge in [-0.1, -0.05) is 20.8 Å². The molecule has 0 amide bonds. The van der Waals surface area contributed by atoms with E-state index in [1.54, 1.807) is 7.11 Å². The number of hydrogen-bond acceptors (Lipinski definition) is 4. The Labute approximate surface area is 97.2 Å². The summed E-state index contributed by atoms with van der Waals surface area (Å²) in [6.07, 6.45) is 1.57. The molecule has 0 bridgehead atoms. The van der Waals surface area contributed by atoms with Gasteiger partial charge in [0, 0.05) is 17.7 Å². The summed E-state index contributed by atoms with van der Waals surface area (Å²) < 4.78 is 5.28. The minimum atomic E-state index is -0.631. The topological polar surface area (TPSA) is 32.7 Å². The minimum absolute atomic E-state index is 0.185. The third-order valence-corrected chi connectivity index (χ3v) is 3.98. The zero-order valence-electron chi connectivity index (χ0n) is 10.2. The summed E-state index contributed by atoms with van der Waals surface area (Å²) in [7, 11) is 1.57. The van der Waals surface area contributed by atoms with Crippen molar-refractivity contribution in [3.63, 3.8) is 0 Å². The number of methoxy groups -OCH3 is 1. The second-order valence-corrected chi connectivity index (χ2v) is 6.81. The Morgan fingerprint density at radius 2 is 2.20 bits per heavy atom. The number of likely N-dealkylation sites (tertiary alicyclic amines) is 1. The molecule has 1 aliphatic rings. The van der Waals surface area contributed by atoms with Gasteiger partial charge in [0.15, 0.2) is 6.29 Å². The maximum absolute atomic E-state index is 9.68. The number of rotatable bonds is 4. The maximum Gasteiger partial charge on any atom is 0.169 e. The van der Waals surface area contributed by atoms with Crippen molar-refractivity contribution in [1.82, 2.24) is 4.90 Å². The van der Waals surface area contributed by atoms with Crippen molar-refractivity contribution in [3.05, 3.63) is 0 Å². The minimum Gasteiger partial charge on any atom is -0.367 e. The van der Waals surface area contributed by atoms with Gasteiger partial charge < -0.3 is 9.84 Å². The molecule has 2 unspecified atom stereocenters. The molecule has 1 fully saturated rings. The lowest BCUT2D eigenvalue weighted by Gasteiger charge is -2.29. The molecular weight excluding hydrogens is 210 g/mol. The van der Waals surface area contributed by atoms with Crippen LogP contribution in [-0.2, 0) is 4.74 Å². The van der Waals surface area contributed by atoms with Crippen LogP contribution in [0.15, 0.2) is 0 Å². The van der Waals surface area contributed by atoms with Gasteiger partial charge in [0.25, 0.3) is 0 Å². The lowest BCUT2D eigenvalue weighted by molar-refractivity contribution is -0.114. The quantitative estimate of drug-likeness (QED) is 0.752. The summed E-state index contributed by atoms with van der Waals surface area (Å²) in [5, 5.41) is 9.68. The molecule has 4 heteroatoms. The third kappa shape index (κ3) is 4.31. The molecule has 0 spiro atoms. The predicted molar refractivity (Wildman–Crippen MR) is 65.0 cm³/mol. The first-order chi connectivity index (χ1) is 6.94. The molecule has 0 aliphatic carbocycles. The monoisotopic (exact) mass is 233 g/mol. The van der Waals surface area contributed by atoms with Gasteiger partial charge in [0.1, 0.15) is 0 Å². The lowest BCUT2D eigenvalue weighted by Crippen LogP contribution is -2.40. The lowest BCUT2D eigenvalue weighted by atomic mass is 10.2. The molecule has 15 heavy (non-hydrogen) atoms. The maximum atomic E-state index is 9.68. The van der Waals surface area contributed by atoms with Crippen molar-refractivity contribution >= 4 is 11.8 Å². The fraction of sp³-hybridized carbons (Fsp3) is 1.00. The normalized spacial score (nSPS) is 25.8. The molecule has 2 atom stereocenters. The number of nitrogens with zero attached hydrogens (tertiary/aromatic N) is 1. The van der Waals surface area contributed by atoms with Crippen molar-refractivity contribution in [2.75, 3.05) is 19.5 Å². The molecule has 0 aromatic rings. The Kier molecular flexibility index (Phi) is 4.90. The highest BCUT2D eigenvalue weighted by Gasteiger charge is 2.31. The predicted octanol–water partition coefficient (Wildman–Crippen LogP) is 1.90. The smallest absolute Gasteiger partial charge is 0.169 e. The molecule has 1 heterocycles. The molecule has 3 nitrogen and oxygen atoms in total. The summed E-state index contributed by atoms with van der Waals surface area (Å²) in [6.45, 7) is 7.73. The van der Waals surface area contributed by atoms with Gasteiger partial charge in [-0.05, 0) is 19.4 Å². The summed E-state index contributed by atoms with van der Waals surface area (Å²) in [5.74, 6) is 0.981. The van der Waals surface area contributed by atoms with Gasteiger partial charge >= 0.3 is 0 Å². The van der Waals surface area contributed by atoms with Crippen molar-refractivity contribution < 1.29 is 9.84 Å². The van der Waals surface area contributed by atoms with E-state index in [0.717, 1.165) is 25.3 Å². The van der Waals surface area contributed by atoms with Crippen LogP contribution < -0.4 is 0 Å². The first-order valence-corrected chi connectivity index (χ1v) is 6.51. The molecule has 90 valence electrons. The Hall–Kier alpha value is 0.230. The van der Waals surface area contributed by atoms with E-state index >= 15 is 0 Å². The van der Waals surface area contributed by atoms with Gasteiger partial charge in [-0.2, -0.15) is 0 Å². The van der Waals surface area contributed by atoms with E-state index < -0.39 is 6.29 Å². The average Bonchev–Trinajstić information content (AvgIpc) is 2.60. The van der Waals surface area contributed by atoms with Crippen LogP contribution >= 0.6 is 11.8 Å². The zero-order valence-corrected chi connectivity index (χ0v) is 11.0. The van der Waals surface area contributed by atoms with Gasteiger partial charge in [-0.15, -0.1) is 11.8 Å². The first kappa shape index (κ1) is 13.3. The van der Waals surface area contributed by atoms with Crippen LogP contribution in [-0.4, -0.2) is 46.6 Å². The fourth-order valence-electron chi connectivity index (χ4n) is 1.77. The molecule has 0 radical (unpaired) electrons. The SMILES string of the molecule is COC(O)C1CCCN1CSC(C)(C)C. The summed E-state index contributed by atoms with van der Waals surface area (Å²) in [5.41, 5.74) is 0. The van der Waals surface area contributed by atoms with Crippen LogP contribution in [0, 0.1) is 0 Å². The molecule has 0 aromatic heterocycles. The van der Waals surface area contributed by atoms with Crippen LogP contribution in [0.5, 0.6) is 0 Å². The largest absolute Gasteiger partial charge is 0.367 e. The van der Waals surface area contributed by atoms with Gasteiger partial charge in [-0.3, -0.25) is 4.90 Å². The van der Waals surface area contributed by atoms with Crippen molar-refractivity contribution in [3.8, 4) is 0 Å². The number of thioether (sulfide) groups is 1. The first-order valence-electron chi connectivity index (χ1n) is 5.53. The fourth-order valence-corrected chi connectivity index (χ4v) is 2.64. The van der Waals surface area contributed by atoms with Gasteiger partial charge in [0.05, 0.1) is 6.04 Å². The van der Waals surface area contributed by atoms with Crippen LogP contribution in [0.4, 0.5) is 0 Å². The number of aliphatic hydroxyl groups excluding tert-OH is 1. The number of aliphatic hydroxyl groups is 1. The van der Waals surface area contributed by atoms with E-state index in [0.29, 0.717) is 0 Å².